The van der Waals surface area contributed by atoms with Crippen LogP contribution in [0, 0.1) is 5.82 Å². The Hall–Kier alpha value is -3.18. The molecular weight excluding hydrogens is 401 g/mol. The van der Waals surface area contributed by atoms with Crippen LogP contribution in [0.3, 0.4) is 0 Å². The number of rotatable bonds is 6. The van der Waals surface area contributed by atoms with Gasteiger partial charge in [0.2, 0.25) is 0 Å². The van der Waals surface area contributed by atoms with Gasteiger partial charge in [-0.2, -0.15) is 0 Å². The van der Waals surface area contributed by atoms with E-state index in [4.69, 9.17) is 16.3 Å². The number of hydrogen-bond donors (Lipinski definition) is 1. The average Bonchev–Trinajstić information content (AvgIpc) is 2.73. The second kappa shape index (κ2) is 8.67. The smallest absolute Gasteiger partial charge is 0.141 e. The molecule has 0 saturated heterocycles. The van der Waals surface area contributed by atoms with E-state index in [1.165, 1.54) is 24.0 Å². The third-order valence-electron chi connectivity index (χ3n) is 4.80. The normalized spacial score (nSPS) is 11.1. The summed E-state index contributed by atoms with van der Waals surface area (Å²) in [5.74, 6) is 1.36. The van der Waals surface area contributed by atoms with Gasteiger partial charge < -0.3 is 10.1 Å². The Morgan fingerprint density at radius 1 is 1.03 bits per heavy atom. The molecule has 0 unspecified atom stereocenters. The molecule has 0 radical (unpaired) electrons. The number of halogens is 2. The summed E-state index contributed by atoms with van der Waals surface area (Å²) >= 11 is 6.41. The Kier molecular flexibility index (Phi) is 5.81. The van der Waals surface area contributed by atoms with Crippen molar-refractivity contribution < 1.29 is 9.13 Å². The van der Waals surface area contributed by atoms with Gasteiger partial charge in [0.25, 0.3) is 0 Å². The highest BCUT2D eigenvalue weighted by atomic mass is 35.5. The molecule has 0 bridgehead atoms. The molecule has 1 heterocycles. The third kappa shape index (κ3) is 4.52. The van der Waals surface area contributed by atoms with Gasteiger partial charge in [-0.25, -0.2) is 14.4 Å². The second-order valence-corrected chi connectivity index (χ2v) is 7.75. The Bertz CT molecular complexity index is 1200. The number of ether oxygens (including phenoxy) is 1. The third-order valence-corrected chi connectivity index (χ3v) is 5.10. The number of nitrogens with zero attached hydrogens (tertiary/aromatic N) is 2. The van der Waals surface area contributed by atoms with Crippen molar-refractivity contribution in [1.29, 1.82) is 0 Å². The van der Waals surface area contributed by atoms with Gasteiger partial charge in [-0.1, -0.05) is 43.6 Å². The van der Waals surface area contributed by atoms with Crippen molar-refractivity contribution in [2.75, 3.05) is 5.32 Å². The van der Waals surface area contributed by atoms with Crippen molar-refractivity contribution in [3.8, 4) is 5.75 Å². The maximum Gasteiger partial charge on any atom is 0.141 e. The standard InChI is InChI=1S/C24H21ClFN3O/c1-15(2)17-6-8-22-20(11-17)24(28-14-27-22)29-19-7-9-23(21(25)12-19)30-13-16-4-3-5-18(26)10-16/h3-12,14-15H,13H2,1-2H3,(H,27,28,29). The lowest BCUT2D eigenvalue weighted by atomic mass is 10.0. The highest BCUT2D eigenvalue weighted by Gasteiger charge is 2.09. The Labute approximate surface area is 179 Å². The number of anilines is 2. The highest BCUT2D eigenvalue weighted by molar-refractivity contribution is 6.32. The summed E-state index contributed by atoms with van der Waals surface area (Å²) in [7, 11) is 0. The van der Waals surface area contributed by atoms with Gasteiger partial charge >= 0.3 is 0 Å². The van der Waals surface area contributed by atoms with E-state index in [9.17, 15) is 4.39 Å². The first-order chi connectivity index (χ1) is 14.5. The lowest BCUT2D eigenvalue weighted by molar-refractivity contribution is 0.306. The van der Waals surface area contributed by atoms with Crippen molar-refractivity contribution in [3.63, 3.8) is 0 Å². The topological polar surface area (TPSA) is 47.0 Å². The predicted octanol–water partition coefficient (Wildman–Crippen LogP) is 6.87. The fourth-order valence-electron chi connectivity index (χ4n) is 3.15. The number of fused-ring (bicyclic) bond motifs is 1. The predicted molar refractivity (Wildman–Crippen MR) is 119 cm³/mol. The number of aromatic nitrogens is 2. The van der Waals surface area contributed by atoms with Gasteiger partial charge in [-0.05, 0) is 59.5 Å². The van der Waals surface area contributed by atoms with E-state index >= 15 is 0 Å². The Balaban J connectivity index is 1.54. The summed E-state index contributed by atoms with van der Waals surface area (Å²) in [6.45, 7) is 4.54. The minimum Gasteiger partial charge on any atom is -0.487 e. The molecule has 0 atom stereocenters. The van der Waals surface area contributed by atoms with E-state index < -0.39 is 0 Å². The zero-order chi connectivity index (χ0) is 21.1. The summed E-state index contributed by atoms with van der Waals surface area (Å²) in [5.41, 5.74) is 3.62. The molecule has 0 fully saturated rings. The molecule has 1 N–H and O–H groups in total. The van der Waals surface area contributed by atoms with E-state index in [1.807, 2.05) is 12.1 Å². The minimum absolute atomic E-state index is 0.235. The van der Waals surface area contributed by atoms with Crippen molar-refractivity contribution in [3.05, 3.63) is 89.0 Å². The summed E-state index contributed by atoms with van der Waals surface area (Å²) in [6, 6.07) is 17.9. The molecule has 4 aromatic rings. The van der Waals surface area contributed by atoms with E-state index in [1.54, 1.807) is 24.3 Å². The van der Waals surface area contributed by atoms with Crippen LogP contribution in [0.4, 0.5) is 15.9 Å². The molecule has 4 rings (SSSR count). The molecule has 6 heteroatoms. The minimum atomic E-state index is -0.292. The van der Waals surface area contributed by atoms with E-state index in [0.29, 0.717) is 22.5 Å². The van der Waals surface area contributed by atoms with Crippen molar-refractivity contribution in [2.24, 2.45) is 0 Å². The average molecular weight is 422 g/mol. The largest absolute Gasteiger partial charge is 0.487 e. The maximum atomic E-state index is 13.3. The van der Waals surface area contributed by atoms with Crippen LogP contribution in [0.5, 0.6) is 5.75 Å². The van der Waals surface area contributed by atoms with E-state index in [-0.39, 0.29) is 12.4 Å². The first kappa shape index (κ1) is 20.1. The fourth-order valence-corrected chi connectivity index (χ4v) is 3.39. The summed E-state index contributed by atoms with van der Waals surface area (Å²) < 4.78 is 19.1. The quantitative estimate of drug-likeness (QED) is 0.369. The highest BCUT2D eigenvalue weighted by Crippen LogP contribution is 2.31. The molecule has 0 spiro atoms. The molecule has 0 aliphatic rings. The van der Waals surface area contributed by atoms with Gasteiger partial charge in [-0.3, -0.25) is 0 Å². The Morgan fingerprint density at radius 3 is 2.67 bits per heavy atom. The molecule has 0 aliphatic heterocycles. The SMILES string of the molecule is CC(C)c1ccc2ncnc(Nc3ccc(OCc4cccc(F)c4)c(Cl)c3)c2c1. The molecule has 0 saturated carbocycles. The van der Waals surface area contributed by atoms with Crippen molar-refractivity contribution in [1.82, 2.24) is 9.97 Å². The van der Waals surface area contributed by atoms with Crippen LogP contribution in [-0.2, 0) is 6.61 Å². The van der Waals surface area contributed by atoms with Crippen LogP contribution in [0.2, 0.25) is 5.02 Å². The molecule has 1 aromatic heterocycles. The van der Waals surface area contributed by atoms with Gasteiger partial charge in [0, 0.05) is 11.1 Å². The lowest BCUT2D eigenvalue weighted by Gasteiger charge is -2.13. The van der Waals surface area contributed by atoms with Crippen LogP contribution in [0.15, 0.2) is 67.0 Å². The monoisotopic (exact) mass is 421 g/mol. The molecule has 3 aromatic carbocycles. The second-order valence-electron chi connectivity index (χ2n) is 7.34. The van der Waals surface area contributed by atoms with Crippen molar-refractivity contribution in [2.45, 2.75) is 26.4 Å². The molecular formula is C24H21ClFN3O. The Morgan fingerprint density at radius 2 is 1.90 bits per heavy atom. The maximum absolute atomic E-state index is 13.3. The van der Waals surface area contributed by atoms with Crippen LogP contribution in [-0.4, -0.2) is 9.97 Å². The molecule has 0 amide bonds. The molecule has 152 valence electrons. The van der Waals surface area contributed by atoms with E-state index in [2.05, 4.69) is 41.3 Å². The van der Waals surface area contributed by atoms with E-state index in [0.717, 1.165) is 22.2 Å². The van der Waals surface area contributed by atoms with Crippen LogP contribution >= 0.6 is 11.6 Å². The summed E-state index contributed by atoms with van der Waals surface area (Å²) in [4.78, 5) is 8.76. The van der Waals surface area contributed by atoms with Gasteiger partial charge in [0.05, 0.1) is 10.5 Å². The number of nitrogens with one attached hydrogen (secondary N) is 1. The lowest BCUT2D eigenvalue weighted by Crippen LogP contribution is -1.99. The van der Waals surface area contributed by atoms with Crippen molar-refractivity contribution >= 4 is 34.0 Å². The first-order valence-electron chi connectivity index (χ1n) is 9.68. The van der Waals surface area contributed by atoms with Gasteiger partial charge in [0.1, 0.15) is 30.3 Å². The van der Waals surface area contributed by atoms with Gasteiger partial charge in [0.15, 0.2) is 0 Å². The van der Waals surface area contributed by atoms with Gasteiger partial charge in [-0.15, -0.1) is 0 Å². The van der Waals surface area contributed by atoms with Crippen LogP contribution < -0.4 is 10.1 Å². The van der Waals surface area contributed by atoms with Crippen LogP contribution in [0.1, 0.15) is 30.9 Å². The zero-order valence-corrected chi connectivity index (χ0v) is 17.4. The number of hydrogen-bond acceptors (Lipinski definition) is 4. The fraction of sp³-hybridized carbons (Fsp3) is 0.167. The van der Waals surface area contributed by atoms with Crippen LogP contribution in [0.25, 0.3) is 10.9 Å². The molecule has 0 aliphatic carbocycles. The summed E-state index contributed by atoms with van der Waals surface area (Å²) in [6.07, 6.45) is 1.54. The summed E-state index contributed by atoms with van der Waals surface area (Å²) in [5, 5.41) is 4.73. The number of benzene rings is 3. The molecule has 30 heavy (non-hydrogen) atoms. The molecule has 4 nitrogen and oxygen atoms in total. The first-order valence-corrected chi connectivity index (χ1v) is 10.1. The zero-order valence-electron chi connectivity index (χ0n) is 16.7.